The zero-order valence-electron chi connectivity index (χ0n) is 21.8. The second-order valence-corrected chi connectivity index (χ2v) is 9.89. The lowest BCUT2D eigenvalue weighted by Gasteiger charge is -2.22. The summed E-state index contributed by atoms with van der Waals surface area (Å²) < 4.78 is 0. The second kappa shape index (κ2) is 13.6. The summed E-state index contributed by atoms with van der Waals surface area (Å²) in [5.41, 5.74) is 3.70. The van der Waals surface area contributed by atoms with Crippen molar-refractivity contribution >= 4 is 16.6 Å². The van der Waals surface area contributed by atoms with Crippen molar-refractivity contribution in [2.24, 2.45) is 11.8 Å². The van der Waals surface area contributed by atoms with Crippen molar-refractivity contribution in [1.82, 2.24) is 0 Å². The average Bonchev–Trinajstić information content (AvgIpc) is 2.90. The molecular weight excluding hydrogens is 424 g/mol. The third-order valence-electron chi connectivity index (χ3n) is 7.02. The number of hydrogen-bond donors (Lipinski definition) is 0. The van der Waals surface area contributed by atoms with Crippen molar-refractivity contribution in [2.45, 2.75) is 59.3 Å². The zero-order chi connectivity index (χ0) is 25.0. The fourth-order valence-corrected chi connectivity index (χ4v) is 4.85. The molecule has 0 spiro atoms. The lowest BCUT2D eigenvalue weighted by atomic mass is 9.83. The number of carbonyl (C=O) groups excluding carboxylic acids is 1. The third kappa shape index (κ3) is 7.92. The Morgan fingerprint density at radius 3 is 1.80 bits per heavy atom. The van der Waals surface area contributed by atoms with E-state index in [1.54, 1.807) is 6.92 Å². The maximum Gasteiger partial charge on any atom is 0.160 e. The number of Topliss-reactive ketones (excluding diaryl/α,β-unsaturated/α-hetero) is 1. The fourth-order valence-electron chi connectivity index (χ4n) is 4.85. The van der Waals surface area contributed by atoms with Crippen LogP contribution in [-0.4, -0.2) is 5.78 Å². The lowest BCUT2D eigenvalue weighted by Crippen LogP contribution is -2.07. The van der Waals surface area contributed by atoms with Gasteiger partial charge in [-0.3, -0.25) is 4.79 Å². The van der Waals surface area contributed by atoms with Crippen LogP contribution in [0, 0.1) is 11.8 Å². The van der Waals surface area contributed by atoms with Crippen LogP contribution in [0.4, 0.5) is 0 Å². The van der Waals surface area contributed by atoms with Crippen LogP contribution < -0.4 is 0 Å². The predicted octanol–water partition coefficient (Wildman–Crippen LogP) is 9.96. The molecule has 0 bridgehead atoms. The smallest absolute Gasteiger partial charge is 0.160 e. The first-order chi connectivity index (χ1) is 17.0. The Morgan fingerprint density at radius 1 is 0.686 bits per heavy atom. The van der Waals surface area contributed by atoms with Gasteiger partial charge in [0, 0.05) is 12.9 Å². The topological polar surface area (TPSA) is 17.1 Å². The van der Waals surface area contributed by atoms with E-state index in [4.69, 9.17) is 0 Å². The first kappa shape index (κ1) is 26.4. The highest BCUT2D eigenvalue weighted by molar-refractivity contribution is 6.06. The van der Waals surface area contributed by atoms with Gasteiger partial charge in [-0.15, -0.1) is 0 Å². The van der Waals surface area contributed by atoms with Crippen molar-refractivity contribution in [3.05, 3.63) is 120 Å². The van der Waals surface area contributed by atoms with Gasteiger partial charge in [0.25, 0.3) is 0 Å². The average molecular weight is 467 g/mol. The Hall–Kier alpha value is -3.19. The first-order valence-electron chi connectivity index (χ1n) is 13.1. The molecular formula is C34H42O. The number of carbonyl (C=O) groups is 1. The van der Waals surface area contributed by atoms with Crippen LogP contribution in [0.15, 0.2) is 103 Å². The van der Waals surface area contributed by atoms with E-state index in [1.807, 2.05) is 42.5 Å². The summed E-state index contributed by atoms with van der Waals surface area (Å²) in [5, 5.41) is 2.16. The summed E-state index contributed by atoms with van der Waals surface area (Å²) >= 11 is 0. The molecule has 4 rings (SSSR count). The van der Waals surface area contributed by atoms with Gasteiger partial charge in [0.2, 0.25) is 0 Å². The monoisotopic (exact) mass is 466 g/mol. The van der Waals surface area contributed by atoms with E-state index in [9.17, 15) is 4.79 Å². The zero-order valence-corrected chi connectivity index (χ0v) is 21.8. The van der Waals surface area contributed by atoms with E-state index >= 15 is 0 Å². The van der Waals surface area contributed by atoms with Gasteiger partial charge in [-0.25, -0.2) is 0 Å². The van der Waals surface area contributed by atoms with E-state index in [2.05, 4.69) is 81.4 Å². The summed E-state index contributed by atoms with van der Waals surface area (Å²) in [7, 11) is 0. The lowest BCUT2D eigenvalue weighted by molar-refractivity contribution is 0.101. The van der Waals surface area contributed by atoms with E-state index in [-0.39, 0.29) is 7.21 Å². The van der Waals surface area contributed by atoms with Crippen molar-refractivity contribution in [3.8, 4) is 0 Å². The van der Waals surface area contributed by atoms with Gasteiger partial charge in [0.05, 0.1) is 0 Å². The Balaban J connectivity index is 0.000000278. The Bertz CT molecular complexity index is 1120. The van der Waals surface area contributed by atoms with Crippen molar-refractivity contribution in [3.63, 3.8) is 0 Å². The Morgan fingerprint density at radius 2 is 1.23 bits per heavy atom. The Labute approximate surface area is 213 Å². The minimum Gasteiger partial charge on any atom is -0.294 e. The van der Waals surface area contributed by atoms with Crippen LogP contribution in [0.2, 0.25) is 0 Å². The minimum absolute atomic E-state index is 0. The van der Waals surface area contributed by atoms with E-state index < -0.39 is 0 Å². The SMILES string of the molecule is CC(=O)c1cccc2ccccc12.CCC(C)CC(C)CCC(c1ccccc1)c1ccccc1.[HH]. The normalized spacial score (nSPS) is 12.6. The molecule has 184 valence electrons. The van der Waals surface area contributed by atoms with E-state index in [0.717, 1.165) is 28.2 Å². The van der Waals surface area contributed by atoms with Gasteiger partial charge >= 0.3 is 0 Å². The van der Waals surface area contributed by atoms with Crippen LogP contribution in [0.3, 0.4) is 0 Å². The summed E-state index contributed by atoms with van der Waals surface area (Å²) in [6.45, 7) is 8.69. The summed E-state index contributed by atoms with van der Waals surface area (Å²) in [6.07, 6.45) is 5.20. The van der Waals surface area contributed by atoms with Crippen molar-refractivity contribution in [2.75, 3.05) is 0 Å². The van der Waals surface area contributed by atoms with Crippen molar-refractivity contribution < 1.29 is 6.22 Å². The number of rotatable bonds is 9. The molecule has 0 saturated heterocycles. The quantitative estimate of drug-likeness (QED) is 0.224. The molecule has 2 unspecified atom stereocenters. The van der Waals surface area contributed by atoms with Crippen LogP contribution >= 0.6 is 0 Å². The summed E-state index contributed by atoms with van der Waals surface area (Å²) in [5.74, 6) is 2.31. The molecule has 0 radical (unpaired) electrons. The number of ketones is 1. The van der Waals surface area contributed by atoms with Gasteiger partial charge in [0.15, 0.2) is 5.78 Å². The number of benzene rings is 4. The van der Waals surface area contributed by atoms with Gasteiger partial charge in [-0.05, 0) is 59.9 Å². The second-order valence-electron chi connectivity index (χ2n) is 9.89. The fraction of sp³-hybridized carbons (Fsp3) is 0.324. The summed E-state index contributed by atoms with van der Waals surface area (Å²) in [6, 6.07) is 35.7. The van der Waals surface area contributed by atoms with Crippen LogP contribution in [0.25, 0.3) is 10.8 Å². The molecule has 1 heteroatoms. The molecule has 35 heavy (non-hydrogen) atoms. The molecule has 2 atom stereocenters. The number of hydrogen-bond acceptors (Lipinski definition) is 1. The molecule has 0 aliphatic heterocycles. The third-order valence-corrected chi connectivity index (χ3v) is 7.02. The Kier molecular flexibility index (Phi) is 10.3. The molecule has 1 nitrogen and oxygen atoms in total. The molecule has 0 fully saturated rings. The van der Waals surface area contributed by atoms with Gasteiger partial charge in [0.1, 0.15) is 0 Å². The highest BCUT2D eigenvalue weighted by atomic mass is 16.1. The van der Waals surface area contributed by atoms with Gasteiger partial charge < -0.3 is 0 Å². The molecule has 0 aliphatic carbocycles. The minimum atomic E-state index is 0. The highest BCUT2D eigenvalue weighted by Crippen LogP contribution is 2.32. The molecule has 0 aliphatic rings. The molecule has 0 aromatic heterocycles. The maximum atomic E-state index is 11.3. The standard InChI is InChI=1S/C22H30.C12H10O.H2/c1-4-18(2)17-19(3)15-16-22(20-11-7-5-8-12-20)21-13-9-6-10-14-21;1-9(13)11-8-4-6-10-5-2-3-7-12(10)11;/h5-14,18-19,22H,4,15-17H2,1-3H3;2-8H,1H3;1H. The molecule has 0 amide bonds. The molecule has 0 heterocycles. The maximum absolute atomic E-state index is 11.3. The van der Waals surface area contributed by atoms with Crippen molar-refractivity contribution in [1.29, 1.82) is 0 Å². The molecule has 0 saturated carbocycles. The van der Waals surface area contributed by atoms with Gasteiger partial charge in [-0.2, -0.15) is 0 Å². The van der Waals surface area contributed by atoms with E-state index in [0.29, 0.717) is 5.92 Å². The highest BCUT2D eigenvalue weighted by Gasteiger charge is 2.16. The first-order valence-corrected chi connectivity index (χ1v) is 13.1. The van der Waals surface area contributed by atoms with Crippen LogP contribution in [-0.2, 0) is 0 Å². The molecule has 4 aromatic rings. The van der Waals surface area contributed by atoms with Crippen LogP contribution in [0.5, 0.6) is 0 Å². The van der Waals surface area contributed by atoms with Crippen LogP contribution in [0.1, 0.15) is 82.2 Å². The van der Waals surface area contributed by atoms with Gasteiger partial charge in [-0.1, -0.05) is 130 Å². The van der Waals surface area contributed by atoms with E-state index in [1.165, 1.54) is 36.8 Å². The number of fused-ring (bicyclic) bond motifs is 1. The summed E-state index contributed by atoms with van der Waals surface area (Å²) in [4.78, 5) is 11.3. The predicted molar refractivity (Wildman–Crippen MR) is 153 cm³/mol. The molecule has 0 N–H and O–H groups in total. The molecule has 4 aromatic carbocycles. The largest absolute Gasteiger partial charge is 0.294 e.